The van der Waals surface area contributed by atoms with E-state index in [2.05, 4.69) is 13.8 Å². The van der Waals surface area contributed by atoms with Gasteiger partial charge in [0.25, 0.3) is 0 Å². The van der Waals surface area contributed by atoms with E-state index in [-0.39, 0.29) is 7.12 Å². The fourth-order valence-corrected chi connectivity index (χ4v) is 0.979. The fraction of sp³-hybridized carbons (Fsp3) is 0.500. The summed E-state index contributed by atoms with van der Waals surface area (Å²) in [5.74, 6) is 0. The first kappa shape index (κ1) is 14.2. The average Bonchev–Trinajstić information content (AvgIpc) is 2.32. The lowest BCUT2D eigenvalue weighted by molar-refractivity contribution is 0.292. The van der Waals surface area contributed by atoms with E-state index in [0.717, 1.165) is 5.46 Å². The van der Waals surface area contributed by atoms with Crippen molar-refractivity contribution >= 4 is 12.6 Å². The molecule has 0 atom stereocenters. The summed E-state index contributed by atoms with van der Waals surface area (Å²) in [5.41, 5.74) is 1.04. The maximum Gasteiger partial charge on any atom is 0.493 e. The standard InChI is InChI=1S/C8H11BO2.C4H10/c1-10-9(11-2)8-6-4-3-5-7-8;1-3-4-2/h3-7H,1-2H3;3-4H2,1-2H3. The molecule has 0 N–H and O–H groups in total. The summed E-state index contributed by atoms with van der Waals surface area (Å²) >= 11 is 0. The van der Waals surface area contributed by atoms with Crippen molar-refractivity contribution in [1.82, 2.24) is 0 Å². The molecule has 0 aliphatic rings. The molecular formula is C12H21BO2. The molecule has 15 heavy (non-hydrogen) atoms. The van der Waals surface area contributed by atoms with E-state index in [9.17, 15) is 0 Å². The summed E-state index contributed by atoms with van der Waals surface area (Å²) in [4.78, 5) is 0. The highest BCUT2D eigenvalue weighted by Gasteiger charge is 2.15. The Morgan fingerprint density at radius 2 is 1.40 bits per heavy atom. The van der Waals surface area contributed by atoms with Crippen molar-refractivity contribution in [1.29, 1.82) is 0 Å². The van der Waals surface area contributed by atoms with E-state index in [0.29, 0.717) is 0 Å². The fourth-order valence-electron chi connectivity index (χ4n) is 0.979. The van der Waals surface area contributed by atoms with Crippen molar-refractivity contribution < 1.29 is 9.31 Å². The van der Waals surface area contributed by atoms with Crippen LogP contribution in [0.2, 0.25) is 0 Å². The maximum atomic E-state index is 5.06. The van der Waals surface area contributed by atoms with Crippen LogP contribution in [-0.4, -0.2) is 21.3 Å². The second-order valence-electron chi connectivity index (χ2n) is 3.21. The van der Waals surface area contributed by atoms with Crippen LogP contribution >= 0.6 is 0 Å². The quantitative estimate of drug-likeness (QED) is 0.707. The van der Waals surface area contributed by atoms with Crippen LogP contribution in [0.25, 0.3) is 0 Å². The van der Waals surface area contributed by atoms with E-state index in [1.54, 1.807) is 14.2 Å². The molecule has 0 unspecified atom stereocenters. The van der Waals surface area contributed by atoms with Crippen LogP contribution < -0.4 is 5.46 Å². The van der Waals surface area contributed by atoms with Gasteiger partial charge in [-0.2, -0.15) is 0 Å². The van der Waals surface area contributed by atoms with Crippen LogP contribution in [0.3, 0.4) is 0 Å². The molecule has 0 amide bonds. The molecule has 0 bridgehead atoms. The molecular weight excluding hydrogens is 187 g/mol. The monoisotopic (exact) mass is 208 g/mol. The van der Waals surface area contributed by atoms with Gasteiger partial charge >= 0.3 is 7.12 Å². The molecule has 2 nitrogen and oxygen atoms in total. The molecule has 0 spiro atoms. The molecule has 0 aromatic heterocycles. The Morgan fingerprint density at radius 1 is 0.933 bits per heavy atom. The van der Waals surface area contributed by atoms with Gasteiger partial charge in [0, 0.05) is 14.2 Å². The van der Waals surface area contributed by atoms with Crippen molar-refractivity contribution in [2.75, 3.05) is 14.2 Å². The molecule has 0 aliphatic heterocycles. The lowest BCUT2D eigenvalue weighted by atomic mass is 9.79. The second-order valence-corrected chi connectivity index (χ2v) is 3.21. The van der Waals surface area contributed by atoms with Crippen LogP contribution in [0.5, 0.6) is 0 Å². The molecule has 0 radical (unpaired) electrons. The first-order valence-electron chi connectivity index (χ1n) is 5.40. The van der Waals surface area contributed by atoms with E-state index in [1.165, 1.54) is 12.8 Å². The highest BCUT2D eigenvalue weighted by atomic mass is 16.6. The highest BCUT2D eigenvalue weighted by Crippen LogP contribution is 1.89. The predicted molar refractivity (Wildman–Crippen MR) is 66.4 cm³/mol. The molecule has 1 aromatic rings. The number of hydrogen-bond donors (Lipinski definition) is 0. The normalized spacial score (nSPS) is 9.07. The van der Waals surface area contributed by atoms with Gasteiger partial charge in [-0.05, 0) is 5.46 Å². The van der Waals surface area contributed by atoms with Gasteiger partial charge < -0.3 is 9.31 Å². The zero-order valence-corrected chi connectivity index (χ0v) is 10.2. The number of hydrogen-bond acceptors (Lipinski definition) is 2. The Morgan fingerprint density at radius 3 is 1.73 bits per heavy atom. The number of rotatable bonds is 4. The molecule has 0 saturated carbocycles. The third kappa shape index (κ3) is 6.31. The molecule has 3 heteroatoms. The van der Waals surface area contributed by atoms with Gasteiger partial charge in [-0.3, -0.25) is 0 Å². The predicted octanol–water partition coefficient (Wildman–Crippen LogP) is 2.48. The van der Waals surface area contributed by atoms with Gasteiger partial charge in [0.2, 0.25) is 0 Å². The minimum Gasteiger partial charge on any atom is -0.410 e. The van der Waals surface area contributed by atoms with Gasteiger partial charge in [0.15, 0.2) is 0 Å². The first-order chi connectivity index (χ1) is 7.29. The van der Waals surface area contributed by atoms with Crippen LogP contribution in [0.1, 0.15) is 26.7 Å². The first-order valence-corrected chi connectivity index (χ1v) is 5.40. The minimum absolute atomic E-state index is 0.240. The summed E-state index contributed by atoms with van der Waals surface area (Å²) in [6, 6.07) is 9.82. The third-order valence-corrected chi connectivity index (χ3v) is 2.00. The van der Waals surface area contributed by atoms with E-state index in [1.807, 2.05) is 30.3 Å². The Hall–Kier alpha value is -0.795. The number of unbranched alkanes of at least 4 members (excludes halogenated alkanes) is 1. The van der Waals surface area contributed by atoms with Crippen LogP contribution in [0, 0.1) is 0 Å². The number of benzene rings is 1. The lowest BCUT2D eigenvalue weighted by Gasteiger charge is -2.07. The smallest absolute Gasteiger partial charge is 0.410 e. The summed E-state index contributed by atoms with van der Waals surface area (Å²) in [7, 11) is 3.01. The second kappa shape index (κ2) is 9.75. The average molecular weight is 208 g/mol. The molecule has 84 valence electrons. The highest BCUT2D eigenvalue weighted by molar-refractivity contribution is 6.61. The lowest BCUT2D eigenvalue weighted by Crippen LogP contribution is -2.34. The van der Waals surface area contributed by atoms with Gasteiger partial charge in [-0.15, -0.1) is 0 Å². The topological polar surface area (TPSA) is 18.5 Å². The Balaban J connectivity index is 0.000000423. The zero-order valence-electron chi connectivity index (χ0n) is 10.2. The van der Waals surface area contributed by atoms with Gasteiger partial charge in [0.1, 0.15) is 0 Å². The van der Waals surface area contributed by atoms with Crippen molar-refractivity contribution in [3.63, 3.8) is 0 Å². The SMILES string of the molecule is CCCC.COB(OC)c1ccccc1. The summed E-state index contributed by atoms with van der Waals surface area (Å²) in [6.07, 6.45) is 2.64. The Labute approximate surface area is 93.7 Å². The Bertz CT molecular complexity index is 220. The van der Waals surface area contributed by atoms with Crippen molar-refractivity contribution in [2.24, 2.45) is 0 Å². The molecule has 0 fully saturated rings. The van der Waals surface area contributed by atoms with Gasteiger partial charge in [-0.25, -0.2) is 0 Å². The van der Waals surface area contributed by atoms with Crippen molar-refractivity contribution in [2.45, 2.75) is 26.7 Å². The Kier molecular flexibility index (Phi) is 9.23. The van der Waals surface area contributed by atoms with Crippen LogP contribution in [0.4, 0.5) is 0 Å². The third-order valence-electron chi connectivity index (χ3n) is 2.00. The summed E-state index contributed by atoms with van der Waals surface area (Å²) in [5, 5.41) is 0. The van der Waals surface area contributed by atoms with E-state index < -0.39 is 0 Å². The molecule has 1 rings (SSSR count). The largest absolute Gasteiger partial charge is 0.493 e. The molecule has 0 aliphatic carbocycles. The van der Waals surface area contributed by atoms with Crippen molar-refractivity contribution in [3.8, 4) is 0 Å². The van der Waals surface area contributed by atoms with Crippen LogP contribution in [-0.2, 0) is 9.31 Å². The van der Waals surface area contributed by atoms with Gasteiger partial charge in [0.05, 0.1) is 0 Å². The van der Waals surface area contributed by atoms with Crippen molar-refractivity contribution in [3.05, 3.63) is 30.3 Å². The van der Waals surface area contributed by atoms with Gasteiger partial charge in [-0.1, -0.05) is 57.0 Å². The molecule has 0 heterocycles. The summed E-state index contributed by atoms with van der Waals surface area (Å²) in [6.45, 7) is 4.36. The molecule has 0 saturated heterocycles. The molecule has 1 aromatic carbocycles. The van der Waals surface area contributed by atoms with Crippen LogP contribution in [0.15, 0.2) is 30.3 Å². The summed E-state index contributed by atoms with van der Waals surface area (Å²) < 4.78 is 10.1. The van der Waals surface area contributed by atoms with E-state index in [4.69, 9.17) is 9.31 Å². The zero-order chi connectivity index (χ0) is 11.5. The minimum atomic E-state index is -0.240. The van der Waals surface area contributed by atoms with E-state index >= 15 is 0 Å². The maximum absolute atomic E-state index is 5.06.